The predicted molar refractivity (Wildman–Crippen MR) is 90.1 cm³/mol. The maximum Gasteiger partial charge on any atom is 0.319 e. The largest absolute Gasteiger partial charge is 0.480 e. The molecule has 1 saturated heterocycles. The summed E-state index contributed by atoms with van der Waals surface area (Å²) >= 11 is 0. The van der Waals surface area contributed by atoms with Gasteiger partial charge in [-0.15, -0.1) is 0 Å². The Morgan fingerprint density at radius 2 is 2.00 bits per heavy atom. The highest BCUT2D eigenvalue weighted by atomic mass is 16.4. The zero-order valence-electron chi connectivity index (χ0n) is 13.8. The van der Waals surface area contributed by atoms with Crippen molar-refractivity contribution in [3.8, 4) is 0 Å². The highest BCUT2D eigenvalue weighted by molar-refractivity contribution is 5.89. The molecule has 2 heterocycles. The lowest BCUT2D eigenvalue weighted by molar-refractivity contribution is -0.138. The van der Waals surface area contributed by atoms with E-state index in [4.69, 9.17) is 5.11 Å². The van der Waals surface area contributed by atoms with E-state index < -0.39 is 5.97 Å². The Kier molecular flexibility index (Phi) is 5.30. The molecule has 0 bridgehead atoms. The molecule has 1 aliphatic heterocycles. The number of carboxylic acids is 1. The van der Waals surface area contributed by atoms with Gasteiger partial charge in [0, 0.05) is 24.8 Å². The summed E-state index contributed by atoms with van der Waals surface area (Å²) in [7, 11) is 0. The quantitative estimate of drug-likeness (QED) is 0.779. The summed E-state index contributed by atoms with van der Waals surface area (Å²) in [4.78, 5) is 29.2. The Morgan fingerprint density at radius 1 is 1.25 bits per heavy atom. The Morgan fingerprint density at radius 3 is 2.75 bits per heavy atom. The SMILES string of the molecule is O=C(O)CN1CCC(NC(=O)Nc2cnc3c(c2)CCCC3)CC1. The van der Waals surface area contributed by atoms with Gasteiger partial charge in [0.05, 0.1) is 18.4 Å². The van der Waals surface area contributed by atoms with E-state index in [1.807, 2.05) is 11.0 Å². The van der Waals surface area contributed by atoms with Crippen molar-refractivity contribution in [3.05, 3.63) is 23.5 Å². The molecule has 130 valence electrons. The normalized spacial score (nSPS) is 18.7. The maximum atomic E-state index is 12.2. The zero-order chi connectivity index (χ0) is 16.9. The van der Waals surface area contributed by atoms with Crippen LogP contribution in [0.25, 0.3) is 0 Å². The summed E-state index contributed by atoms with van der Waals surface area (Å²) in [6.45, 7) is 1.45. The highest BCUT2D eigenvalue weighted by Crippen LogP contribution is 2.22. The average Bonchev–Trinajstić information content (AvgIpc) is 2.56. The minimum absolute atomic E-state index is 0.0692. The van der Waals surface area contributed by atoms with Crippen LogP contribution in [0.15, 0.2) is 12.3 Å². The third-order valence-electron chi connectivity index (χ3n) is 4.71. The van der Waals surface area contributed by atoms with Gasteiger partial charge in [0.15, 0.2) is 0 Å². The Labute approximate surface area is 141 Å². The molecule has 0 saturated carbocycles. The summed E-state index contributed by atoms with van der Waals surface area (Å²) < 4.78 is 0. The first-order valence-electron chi connectivity index (χ1n) is 8.59. The average molecular weight is 332 g/mol. The molecule has 7 nitrogen and oxygen atoms in total. The second kappa shape index (κ2) is 7.61. The smallest absolute Gasteiger partial charge is 0.319 e. The van der Waals surface area contributed by atoms with Crippen LogP contribution >= 0.6 is 0 Å². The number of aromatic nitrogens is 1. The molecule has 0 radical (unpaired) electrons. The predicted octanol–water partition coefficient (Wildman–Crippen LogP) is 1.63. The van der Waals surface area contributed by atoms with Gasteiger partial charge in [-0.3, -0.25) is 14.7 Å². The summed E-state index contributed by atoms with van der Waals surface area (Å²) in [6, 6.07) is 1.89. The number of likely N-dealkylation sites (tertiary alicyclic amines) is 1. The van der Waals surface area contributed by atoms with Gasteiger partial charge in [-0.1, -0.05) is 0 Å². The number of carbonyl (C=O) groups is 2. The lowest BCUT2D eigenvalue weighted by Crippen LogP contribution is -2.47. The van der Waals surface area contributed by atoms with E-state index >= 15 is 0 Å². The second-order valence-electron chi connectivity index (χ2n) is 6.58. The molecule has 2 aliphatic rings. The van der Waals surface area contributed by atoms with Crippen molar-refractivity contribution in [2.75, 3.05) is 25.0 Å². The molecule has 24 heavy (non-hydrogen) atoms. The first-order chi connectivity index (χ1) is 11.6. The Bertz CT molecular complexity index is 612. The van der Waals surface area contributed by atoms with E-state index in [1.54, 1.807) is 6.20 Å². The number of carboxylic acid groups (broad SMARTS) is 1. The summed E-state index contributed by atoms with van der Waals surface area (Å²) in [5.41, 5.74) is 3.12. The number of pyridine rings is 1. The first kappa shape index (κ1) is 16.7. The van der Waals surface area contributed by atoms with Crippen molar-refractivity contribution in [1.29, 1.82) is 0 Å². The van der Waals surface area contributed by atoms with Crippen LogP contribution in [-0.2, 0) is 17.6 Å². The van der Waals surface area contributed by atoms with Crippen LogP contribution in [0, 0.1) is 0 Å². The van der Waals surface area contributed by atoms with Crippen LogP contribution < -0.4 is 10.6 Å². The Balaban J connectivity index is 1.47. The molecule has 0 unspecified atom stereocenters. The van der Waals surface area contributed by atoms with Crippen molar-refractivity contribution < 1.29 is 14.7 Å². The molecule has 1 aromatic heterocycles. The number of urea groups is 1. The van der Waals surface area contributed by atoms with E-state index in [0.717, 1.165) is 37.1 Å². The highest BCUT2D eigenvalue weighted by Gasteiger charge is 2.22. The molecule has 0 aromatic carbocycles. The molecule has 0 spiro atoms. The monoisotopic (exact) mass is 332 g/mol. The fourth-order valence-corrected chi connectivity index (χ4v) is 3.44. The number of hydrogen-bond acceptors (Lipinski definition) is 4. The van der Waals surface area contributed by atoms with E-state index in [9.17, 15) is 9.59 Å². The number of fused-ring (bicyclic) bond motifs is 1. The van der Waals surface area contributed by atoms with Crippen LogP contribution in [-0.4, -0.2) is 52.7 Å². The number of amides is 2. The molecule has 1 aliphatic carbocycles. The molecule has 1 aromatic rings. The molecule has 2 amide bonds. The lowest BCUT2D eigenvalue weighted by atomic mass is 9.96. The van der Waals surface area contributed by atoms with E-state index in [0.29, 0.717) is 13.1 Å². The molecule has 3 N–H and O–H groups in total. The van der Waals surface area contributed by atoms with Crippen molar-refractivity contribution >= 4 is 17.7 Å². The summed E-state index contributed by atoms with van der Waals surface area (Å²) in [5.74, 6) is -0.806. The number of aryl methyl sites for hydroxylation is 2. The standard InChI is InChI=1S/C17H24N4O3/c22-16(23)11-21-7-5-13(6-8-21)19-17(24)20-14-9-12-3-1-2-4-15(12)18-10-14/h9-10,13H,1-8,11H2,(H,22,23)(H2,19,20,24). The fourth-order valence-electron chi connectivity index (χ4n) is 3.44. The number of hydrogen-bond donors (Lipinski definition) is 3. The number of carbonyl (C=O) groups excluding carboxylic acids is 1. The second-order valence-corrected chi connectivity index (χ2v) is 6.58. The Hall–Kier alpha value is -2.15. The van der Waals surface area contributed by atoms with Crippen LogP contribution in [0.2, 0.25) is 0 Å². The third-order valence-corrected chi connectivity index (χ3v) is 4.71. The summed E-state index contributed by atoms with van der Waals surface area (Å²) in [6.07, 6.45) is 7.68. The zero-order valence-corrected chi connectivity index (χ0v) is 13.8. The van der Waals surface area contributed by atoms with Gasteiger partial charge in [-0.2, -0.15) is 0 Å². The van der Waals surface area contributed by atoms with E-state index in [2.05, 4.69) is 15.6 Å². The van der Waals surface area contributed by atoms with Crippen molar-refractivity contribution in [2.45, 2.75) is 44.6 Å². The van der Waals surface area contributed by atoms with Gasteiger partial charge in [0.25, 0.3) is 0 Å². The molecule has 7 heteroatoms. The summed E-state index contributed by atoms with van der Waals surface area (Å²) in [5, 5.41) is 14.6. The minimum Gasteiger partial charge on any atom is -0.480 e. The molecular weight excluding hydrogens is 308 g/mol. The molecular formula is C17H24N4O3. The van der Waals surface area contributed by atoms with E-state index in [1.165, 1.54) is 18.4 Å². The van der Waals surface area contributed by atoms with Gasteiger partial charge in [-0.25, -0.2) is 4.79 Å². The van der Waals surface area contributed by atoms with Crippen LogP contribution in [0.5, 0.6) is 0 Å². The van der Waals surface area contributed by atoms with Gasteiger partial charge < -0.3 is 15.7 Å². The van der Waals surface area contributed by atoms with Crippen molar-refractivity contribution in [2.24, 2.45) is 0 Å². The number of aliphatic carboxylic acids is 1. The van der Waals surface area contributed by atoms with Gasteiger partial charge in [-0.05, 0) is 50.2 Å². The van der Waals surface area contributed by atoms with Crippen LogP contribution in [0.3, 0.4) is 0 Å². The van der Waals surface area contributed by atoms with Crippen LogP contribution in [0.4, 0.5) is 10.5 Å². The van der Waals surface area contributed by atoms with Crippen molar-refractivity contribution in [1.82, 2.24) is 15.2 Å². The number of nitrogens with one attached hydrogen (secondary N) is 2. The lowest BCUT2D eigenvalue weighted by Gasteiger charge is -2.31. The number of anilines is 1. The number of piperidine rings is 1. The van der Waals surface area contributed by atoms with E-state index in [-0.39, 0.29) is 18.6 Å². The van der Waals surface area contributed by atoms with Crippen molar-refractivity contribution in [3.63, 3.8) is 0 Å². The maximum absolute atomic E-state index is 12.2. The third kappa shape index (κ3) is 4.44. The van der Waals surface area contributed by atoms with Gasteiger partial charge >= 0.3 is 12.0 Å². The molecule has 3 rings (SSSR count). The van der Waals surface area contributed by atoms with Gasteiger partial charge in [0.1, 0.15) is 0 Å². The molecule has 0 atom stereocenters. The number of rotatable bonds is 4. The first-order valence-corrected chi connectivity index (χ1v) is 8.59. The molecule has 1 fully saturated rings. The minimum atomic E-state index is -0.806. The van der Waals surface area contributed by atoms with Crippen LogP contribution in [0.1, 0.15) is 36.9 Å². The van der Waals surface area contributed by atoms with Gasteiger partial charge in [0.2, 0.25) is 0 Å². The topological polar surface area (TPSA) is 94.6 Å². The fraction of sp³-hybridized carbons (Fsp3) is 0.588. The number of nitrogens with zero attached hydrogens (tertiary/aromatic N) is 2.